The first kappa shape index (κ1) is 21.1. The van der Waals surface area contributed by atoms with Gasteiger partial charge in [-0.3, -0.25) is 9.59 Å². The molecule has 1 aliphatic heterocycles. The Balaban J connectivity index is 1.80. The molecular weight excluding hydrogens is 514 g/mol. The molecular formula is C19H17Br2NO3S2. The summed E-state index contributed by atoms with van der Waals surface area (Å²) in [4.78, 5) is 26.2. The van der Waals surface area contributed by atoms with Crippen LogP contribution in [0.2, 0.25) is 0 Å². The highest BCUT2D eigenvalue weighted by atomic mass is 79.9. The van der Waals surface area contributed by atoms with E-state index in [4.69, 9.17) is 4.74 Å². The van der Waals surface area contributed by atoms with Crippen LogP contribution in [-0.4, -0.2) is 47.4 Å². The normalized spacial score (nSPS) is 15.1. The van der Waals surface area contributed by atoms with Crippen molar-refractivity contribution >= 4 is 65.2 Å². The number of Topliss-reactive ketones (excluding diaryl/α,β-unsaturated/α-hetero) is 2. The van der Waals surface area contributed by atoms with Crippen LogP contribution in [0.5, 0.6) is 0 Å². The Hall–Kier alpha value is -0.640. The molecule has 0 aliphatic carbocycles. The van der Waals surface area contributed by atoms with Gasteiger partial charge >= 0.3 is 0 Å². The van der Waals surface area contributed by atoms with Crippen molar-refractivity contribution in [2.45, 2.75) is 5.25 Å². The van der Waals surface area contributed by atoms with Crippen LogP contribution in [0.15, 0.2) is 57.5 Å². The molecule has 1 aliphatic rings. The van der Waals surface area contributed by atoms with Crippen molar-refractivity contribution in [1.29, 1.82) is 0 Å². The zero-order chi connectivity index (χ0) is 19.2. The molecule has 0 bridgehead atoms. The molecule has 0 atom stereocenters. The van der Waals surface area contributed by atoms with Gasteiger partial charge in [0.1, 0.15) is 5.25 Å². The monoisotopic (exact) mass is 529 g/mol. The van der Waals surface area contributed by atoms with Crippen molar-refractivity contribution in [1.82, 2.24) is 4.31 Å². The summed E-state index contributed by atoms with van der Waals surface area (Å²) >= 11 is 6.75. The van der Waals surface area contributed by atoms with Gasteiger partial charge in [-0.1, -0.05) is 66.9 Å². The number of halogens is 2. The van der Waals surface area contributed by atoms with Crippen molar-refractivity contribution < 1.29 is 14.3 Å². The van der Waals surface area contributed by atoms with Crippen LogP contribution in [0.4, 0.5) is 0 Å². The number of rotatable bonds is 7. The van der Waals surface area contributed by atoms with Crippen LogP contribution in [0.1, 0.15) is 20.7 Å². The van der Waals surface area contributed by atoms with Gasteiger partial charge in [0.25, 0.3) is 0 Å². The molecule has 27 heavy (non-hydrogen) atoms. The summed E-state index contributed by atoms with van der Waals surface area (Å²) in [6.45, 7) is 2.89. The highest BCUT2D eigenvalue weighted by Gasteiger charge is 2.30. The summed E-state index contributed by atoms with van der Waals surface area (Å²) in [5.41, 5.74) is 1.06. The number of benzene rings is 2. The Morgan fingerprint density at radius 1 is 0.852 bits per heavy atom. The van der Waals surface area contributed by atoms with Gasteiger partial charge in [-0.05, 0) is 35.2 Å². The first-order valence-electron chi connectivity index (χ1n) is 8.30. The second-order valence-electron chi connectivity index (χ2n) is 5.83. The number of hydrogen-bond donors (Lipinski definition) is 0. The van der Waals surface area contributed by atoms with Crippen LogP contribution in [0, 0.1) is 0 Å². The van der Waals surface area contributed by atoms with E-state index in [1.165, 1.54) is 21.8 Å². The van der Waals surface area contributed by atoms with Gasteiger partial charge in [-0.25, -0.2) is 4.31 Å². The first-order chi connectivity index (χ1) is 13.0. The van der Waals surface area contributed by atoms with Crippen molar-refractivity contribution in [3.05, 3.63) is 68.6 Å². The average molecular weight is 531 g/mol. The summed E-state index contributed by atoms with van der Waals surface area (Å²) in [7, 11) is 2.77. The second kappa shape index (κ2) is 10.2. The Bertz CT molecular complexity index is 736. The van der Waals surface area contributed by atoms with Gasteiger partial charge in [0, 0.05) is 33.2 Å². The Labute approximate surface area is 183 Å². The largest absolute Gasteiger partial charge is 0.379 e. The molecule has 142 valence electrons. The van der Waals surface area contributed by atoms with E-state index in [-0.39, 0.29) is 11.6 Å². The van der Waals surface area contributed by atoms with Crippen LogP contribution >= 0.6 is 53.6 Å². The number of carbonyl (C=O) groups excluding carboxylic acids is 2. The van der Waals surface area contributed by atoms with Gasteiger partial charge in [0.15, 0.2) is 11.6 Å². The van der Waals surface area contributed by atoms with E-state index < -0.39 is 5.25 Å². The molecule has 1 saturated heterocycles. The number of ketones is 2. The highest BCUT2D eigenvalue weighted by molar-refractivity contribution is 9.10. The predicted octanol–water partition coefficient (Wildman–Crippen LogP) is 5.27. The number of hydrogen-bond acceptors (Lipinski definition) is 6. The molecule has 3 rings (SSSR count). The van der Waals surface area contributed by atoms with Crippen LogP contribution in [-0.2, 0) is 4.74 Å². The summed E-state index contributed by atoms with van der Waals surface area (Å²) in [6, 6.07) is 14.2. The van der Waals surface area contributed by atoms with Crippen molar-refractivity contribution in [3.8, 4) is 0 Å². The van der Waals surface area contributed by atoms with E-state index in [1.807, 2.05) is 24.3 Å². The number of morpholine rings is 1. The molecule has 0 N–H and O–H groups in total. The summed E-state index contributed by atoms with van der Waals surface area (Å²) in [5.74, 6) is -0.359. The molecule has 0 unspecified atom stereocenters. The van der Waals surface area contributed by atoms with Gasteiger partial charge in [-0.15, -0.1) is 0 Å². The zero-order valence-corrected chi connectivity index (χ0v) is 19.1. The van der Waals surface area contributed by atoms with Crippen molar-refractivity contribution in [3.63, 3.8) is 0 Å². The quantitative estimate of drug-likeness (QED) is 0.210. The lowest BCUT2D eigenvalue weighted by atomic mass is 10.0. The third kappa shape index (κ3) is 5.92. The van der Waals surface area contributed by atoms with Crippen molar-refractivity contribution in [2.24, 2.45) is 0 Å². The van der Waals surface area contributed by atoms with E-state index >= 15 is 0 Å². The Morgan fingerprint density at radius 2 is 1.30 bits per heavy atom. The standard InChI is InChI=1S/C19H17Br2NO3S2/c20-15-5-1-13(2-6-15)17(23)19(26-27-22-9-11-25-12-10-22)18(24)14-3-7-16(21)8-4-14/h1-8,19H,9-12H2. The van der Waals surface area contributed by atoms with Gasteiger partial charge in [0.05, 0.1) is 13.2 Å². The van der Waals surface area contributed by atoms with E-state index in [9.17, 15) is 9.59 Å². The minimum Gasteiger partial charge on any atom is -0.379 e. The van der Waals surface area contributed by atoms with E-state index in [1.54, 1.807) is 24.3 Å². The molecule has 0 amide bonds. The molecule has 8 heteroatoms. The lowest BCUT2D eigenvalue weighted by molar-refractivity contribution is 0.0779. The fourth-order valence-electron chi connectivity index (χ4n) is 2.46. The molecule has 4 nitrogen and oxygen atoms in total. The fourth-order valence-corrected chi connectivity index (χ4v) is 5.54. The second-order valence-corrected chi connectivity index (χ2v) is 10.0. The molecule has 0 aromatic heterocycles. The van der Waals surface area contributed by atoms with Gasteiger partial charge in [-0.2, -0.15) is 0 Å². The maximum atomic E-state index is 13.1. The summed E-state index contributed by atoms with van der Waals surface area (Å²) in [6.07, 6.45) is 0. The maximum Gasteiger partial charge on any atom is 0.184 e. The van der Waals surface area contributed by atoms with E-state index in [0.29, 0.717) is 24.3 Å². The van der Waals surface area contributed by atoms with Gasteiger partial charge < -0.3 is 4.74 Å². The predicted molar refractivity (Wildman–Crippen MR) is 118 cm³/mol. The smallest absolute Gasteiger partial charge is 0.184 e. The first-order valence-corrected chi connectivity index (χ1v) is 12.1. The minimum atomic E-state index is -0.805. The number of nitrogens with zero attached hydrogens (tertiary/aromatic N) is 1. The number of ether oxygens (including phenoxy) is 1. The minimum absolute atomic E-state index is 0.179. The van der Waals surface area contributed by atoms with Crippen LogP contribution < -0.4 is 0 Å². The Kier molecular flexibility index (Phi) is 7.98. The van der Waals surface area contributed by atoms with Crippen LogP contribution in [0.25, 0.3) is 0 Å². The van der Waals surface area contributed by atoms with E-state index in [0.717, 1.165) is 22.0 Å². The zero-order valence-electron chi connectivity index (χ0n) is 14.3. The molecule has 2 aromatic rings. The van der Waals surface area contributed by atoms with Gasteiger partial charge in [0.2, 0.25) is 0 Å². The SMILES string of the molecule is O=C(c1ccc(Br)cc1)C(SSN1CCOCC1)C(=O)c1ccc(Br)cc1. The van der Waals surface area contributed by atoms with Crippen molar-refractivity contribution in [2.75, 3.05) is 26.3 Å². The molecule has 0 saturated carbocycles. The third-order valence-electron chi connectivity index (χ3n) is 3.95. The lowest BCUT2D eigenvalue weighted by Gasteiger charge is -2.26. The van der Waals surface area contributed by atoms with Crippen LogP contribution in [0.3, 0.4) is 0 Å². The molecule has 1 heterocycles. The average Bonchev–Trinajstić information content (AvgIpc) is 2.69. The lowest BCUT2D eigenvalue weighted by Crippen LogP contribution is -2.32. The molecule has 0 spiro atoms. The molecule has 2 aromatic carbocycles. The Morgan fingerprint density at radius 3 is 1.74 bits per heavy atom. The summed E-state index contributed by atoms with van der Waals surface area (Å²) in [5, 5.41) is -0.805. The topological polar surface area (TPSA) is 46.6 Å². The fraction of sp³-hybridized carbons (Fsp3) is 0.263. The molecule has 1 fully saturated rings. The summed E-state index contributed by atoms with van der Waals surface area (Å²) < 4.78 is 9.27. The number of carbonyl (C=O) groups is 2. The molecule has 0 radical (unpaired) electrons. The van der Waals surface area contributed by atoms with E-state index in [2.05, 4.69) is 36.2 Å². The maximum absolute atomic E-state index is 13.1. The highest BCUT2D eigenvalue weighted by Crippen LogP contribution is 2.34. The third-order valence-corrected chi connectivity index (χ3v) is 7.76.